The van der Waals surface area contributed by atoms with Crippen molar-refractivity contribution in [2.24, 2.45) is 0 Å². The Bertz CT molecular complexity index is 1070. The number of thiazole rings is 1. The summed E-state index contributed by atoms with van der Waals surface area (Å²) < 4.78 is 20.6. The average Bonchev–Trinajstić information content (AvgIpc) is 3.59. The fraction of sp³-hybridized carbons (Fsp3) is 0.391. The van der Waals surface area contributed by atoms with E-state index in [4.69, 9.17) is 4.74 Å². The number of nitrogens with one attached hydrogen (secondary N) is 2. The van der Waals surface area contributed by atoms with Crippen LogP contribution in [0.5, 0.6) is 5.88 Å². The molecule has 0 bridgehead atoms. The van der Waals surface area contributed by atoms with Gasteiger partial charge in [-0.3, -0.25) is 9.78 Å². The van der Waals surface area contributed by atoms with Crippen molar-refractivity contribution in [1.29, 1.82) is 0 Å². The van der Waals surface area contributed by atoms with Crippen LogP contribution in [0.15, 0.2) is 42.0 Å². The van der Waals surface area contributed by atoms with Crippen LogP contribution >= 0.6 is 11.3 Å². The number of carbonyl (C=O) groups excluding carboxylic acids is 1. The van der Waals surface area contributed by atoms with Crippen LogP contribution in [0.2, 0.25) is 0 Å². The summed E-state index contributed by atoms with van der Waals surface area (Å²) in [5, 5.41) is 5.65. The van der Waals surface area contributed by atoms with Gasteiger partial charge in [0.1, 0.15) is 5.25 Å². The van der Waals surface area contributed by atoms with Gasteiger partial charge in [-0.1, -0.05) is 26.0 Å². The van der Waals surface area contributed by atoms with Crippen molar-refractivity contribution >= 4 is 39.4 Å². The van der Waals surface area contributed by atoms with Gasteiger partial charge in [0.2, 0.25) is 16.9 Å². The predicted molar refractivity (Wildman–Crippen MR) is 132 cm³/mol. The van der Waals surface area contributed by atoms with Gasteiger partial charge < -0.3 is 14.6 Å². The van der Waals surface area contributed by atoms with Gasteiger partial charge >= 0.3 is 0 Å². The van der Waals surface area contributed by atoms with Crippen molar-refractivity contribution in [1.82, 2.24) is 15.0 Å². The highest BCUT2D eigenvalue weighted by atomic mass is 32.2. The topological polar surface area (TPSA) is 112 Å². The molecule has 4 rings (SSSR count). The zero-order valence-corrected chi connectivity index (χ0v) is 20.2. The van der Waals surface area contributed by atoms with Crippen LogP contribution in [0.25, 0.3) is 11.3 Å². The van der Waals surface area contributed by atoms with E-state index in [-0.39, 0.29) is 17.1 Å². The number of nitrogens with zero attached hydrogens (tertiary/aromatic N) is 3. The van der Waals surface area contributed by atoms with Gasteiger partial charge in [0.25, 0.3) is 0 Å². The minimum atomic E-state index is -1.10. The van der Waals surface area contributed by atoms with Crippen molar-refractivity contribution in [3.8, 4) is 17.1 Å². The van der Waals surface area contributed by atoms with Crippen LogP contribution in [-0.2, 0) is 16.2 Å². The first-order valence-electron chi connectivity index (χ1n) is 11.1. The highest BCUT2D eigenvalue weighted by molar-refractivity contribution is 7.93. The number of aromatic nitrogens is 3. The van der Waals surface area contributed by atoms with Crippen molar-refractivity contribution < 1.29 is 14.1 Å². The van der Waals surface area contributed by atoms with Gasteiger partial charge in [-0.05, 0) is 25.0 Å². The van der Waals surface area contributed by atoms with Gasteiger partial charge in [0.15, 0.2) is 0 Å². The largest absolute Gasteiger partial charge is 0.593 e. The van der Waals surface area contributed by atoms with Crippen LogP contribution in [0, 0.1) is 0 Å². The summed E-state index contributed by atoms with van der Waals surface area (Å²) in [5.41, 5.74) is 2.97. The third-order valence-corrected chi connectivity index (χ3v) is 7.51. The van der Waals surface area contributed by atoms with Crippen LogP contribution in [0.3, 0.4) is 0 Å². The van der Waals surface area contributed by atoms with Crippen LogP contribution in [0.1, 0.15) is 51.1 Å². The molecule has 0 spiro atoms. The number of benzene rings is 1. The number of carbonyl (C=O) groups is 1. The summed E-state index contributed by atoms with van der Waals surface area (Å²) in [6, 6.07) is 7.46. The van der Waals surface area contributed by atoms with E-state index in [0.717, 1.165) is 24.8 Å². The lowest BCUT2D eigenvalue weighted by molar-refractivity contribution is -0.117. The van der Waals surface area contributed by atoms with E-state index >= 15 is 0 Å². The standard InChI is InChI=1S/C23H27N5O3S2/c1-3-11-31-21-13-24-12-19(26-21)15-5-7-16(8-6-15)25-22(29)18(4-2)20-14-32-23(27-20)28-33(30)17-9-10-17/h5-8,12-14,17-18H,3-4,9-11H2,1-2H3,(H,25,29)(H,27,28). The number of anilines is 2. The van der Waals surface area contributed by atoms with E-state index in [9.17, 15) is 9.35 Å². The van der Waals surface area contributed by atoms with Gasteiger partial charge in [-0.15, -0.1) is 11.3 Å². The fourth-order valence-corrected chi connectivity index (χ4v) is 5.19. The predicted octanol–water partition coefficient (Wildman–Crippen LogP) is 4.76. The van der Waals surface area contributed by atoms with Crippen molar-refractivity contribution in [2.75, 3.05) is 16.6 Å². The molecule has 3 aromatic rings. The Morgan fingerprint density at radius 1 is 1.24 bits per heavy atom. The quantitative estimate of drug-likeness (QED) is 0.377. The van der Waals surface area contributed by atoms with Crippen molar-refractivity contribution in [3.05, 3.63) is 47.7 Å². The molecular formula is C23H27N5O3S2. The fourth-order valence-electron chi connectivity index (χ4n) is 3.19. The number of hydrogen-bond donors (Lipinski definition) is 2. The summed E-state index contributed by atoms with van der Waals surface area (Å²) in [6.07, 6.45) is 6.77. The lowest BCUT2D eigenvalue weighted by Gasteiger charge is -2.13. The summed E-state index contributed by atoms with van der Waals surface area (Å²) >= 11 is 0.280. The monoisotopic (exact) mass is 485 g/mol. The average molecular weight is 486 g/mol. The molecule has 1 amide bonds. The van der Waals surface area contributed by atoms with Gasteiger partial charge in [0.05, 0.1) is 47.7 Å². The Morgan fingerprint density at radius 3 is 2.73 bits per heavy atom. The minimum Gasteiger partial charge on any atom is -0.593 e. The van der Waals surface area contributed by atoms with E-state index < -0.39 is 11.4 Å². The molecule has 2 aromatic heterocycles. The number of hydrogen-bond acceptors (Lipinski definition) is 8. The third-order valence-electron chi connectivity index (χ3n) is 5.13. The van der Waals surface area contributed by atoms with Crippen molar-refractivity contribution in [2.45, 2.75) is 50.7 Å². The van der Waals surface area contributed by atoms with E-state index in [0.29, 0.717) is 41.1 Å². The smallest absolute Gasteiger partial charge is 0.233 e. The Kier molecular flexibility index (Phi) is 7.79. The summed E-state index contributed by atoms with van der Waals surface area (Å²) in [7, 11) is 0. The summed E-state index contributed by atoms with van der Waals surface area (Å²) in [6.45, 7) is 4.58. The molecule has 1 aromatic carbocycles. The van der Waals surface area contributed by atoms with Crippen LogP contribution in [0.4, 0.5) is 10.8 Å². The first-order chi connectivity index (χ1) is 16.1. The van der Waals surface area contributed by atoms with E-state index in [1.165, 1.54) is 11.3 Å². The first kappa shape index (κ1) is 23.5. The number of ether oxygens (including phenoxy) is 1. The Balaban J connectivity index is 1.39. The van der Waals surface area contributed by atoms with Gasteiger partial charge in [0, 0.05) is 29.5 Å². The molecule has 2 heterocycles. The van der Waals surface area contributed by atoms with E-state index in [1.54, 1.807) is 12.4 Å². The van der Waals surface area contributed by atoms with E-state index in [1.807, 2.05) is 43.5 Å². The molecule has 1 fully saturated rings. The maximum Gasteiger partial charge on any atom is 0.233 e. The molecule has 1 aliphatic rings. The Morgan fingerprint density at radius 2 is 2.03 bits per heavy atom. The second-order valence-corrected chi connectivity index (χ2v) is 10.1. The second kappa shape index (κ2) is 11.0. The normalized spacial score (nSPS) is 15.0. The molecule has 0 radical (unpaired) electrons. The molecule has 33 heavy (non-hydrogen) atoms. The maximum absolute atomic E-state index is 12.9. The van der Waals surface area contributed by atoms with Crippen LogP contribution in [-0.4, -0.2) is 37.3 Å². The molecule has 1 aliphatic carbocycles. The zero-order valence-electron chi connectivity index (χ0n) is 18.6. The summed E-state index contributed by atoms with van der Waals surface area (Å²) in [5.74, 6) is -0.0140. The lowest BCUT2D eigenvalue weighted by atomic mass is 10.0. The molecule has 8 nitrogen and oxygen atoms in total. The van der Waals surface area contributed by atoms with Crippen LogP contribution < -0.4 is 14.8 Å². The first-order valence-corrected chi connectivity index (χ1v) is 13.2. The van der Waals surface area contributed by atoms with Gasteiger partial charge in [-0.25, -0.2) is 9.97 Å². The number of rotatable bonds is 11. The summed E-state index contributed by atoms with van der Waals surface area (Å²) in [4.78, 5) is 26.1. The van der Waals surface area contributed by atoms with Crippen molar-refractivity contribution in [3.63, 3.8) is 0 Å². The SMILES string of the molecule is CCCOc1cncc(-c2ccc(NC(=O)C(CC)c3csc(N[S+]([O-])C4CC4)n3)cc2)n1. The molecule has 174 valence electrons. The second-order valence-electron chi connectivity index (χ2n) is 7.79. The lowest BCUT2D eigenvalue weighted by Crippen LogP contribution is -2.21. The molecule has 1 saturated carbocycles. The maximum atomic E-state index is 12.9. The highest BCUT2D eigenvalue weighted by Gasteiger charge is 2.36. The molecule has 10 heteroatoms. The molecule has 0 aliphatic heterocycles. The Hall–Kier alpha value is -2.69. The third kappa shape index (κ3) is 6.21. The molecule has 0 saturated heterocycles. The number of amides is 1. The molecular weight excluding hydrogens is 458 g/mol. The highest BCUT2D eigenvalue weighted by Crippen LogP contribution is 2.32. The molecule has 2 unspecified atom stereocenters. The Labute approximate surface area is 200 Å². The minimum absolute atomic E-state index is 0.125. The van der Waals surface area contributed by atoms with Gasteiger partial charge in [-0.2, -0.15) is 4.72 Å². The zero-order chi connectivity index (χ0) is 23.2. The molecule has 2 atom stereocenters. The van der Waals surface area contributed by atoms with E-state index in [2.05, 4.69) is 25.0 Å². The molecule has 2 N–H and O–H groups in total.